The van der Waals surface area contributed by atoms with Crippen molar-refractivity contribution in [1.29, 1.82) is 0 Å². The molecule has 1 rings (SSSR count). The molecule has 0 atom stereocenters. The molecule has 0 aliphatic rings. The highest BCUT2D eigenvalue weighted by molar-refractivity contribution is 6.17. The summed E-state index contributed by atoms with van der Waals surface area (Å²) in [6.07, 6.45) is 0. The molecule has 3 nitrogen and oxygen atoms in total. The molecule has 4 heteroatoms. The fraction of sp³-hybridized carbons (Fsp3) is 0.615. The lowest BCUT2D eigenvalue weighted by Crippen LogP contribution is -2.22. The van der Waals surface area contributed by atoms with Gasteiger partial charge < -0.3 is 9.47 Å². The number of alkyl halides is 1. The fourth-order valence-corrected chi connectivity index (χ4v) is 1.57. The van der Waals surface area contributed by atoms with Crippen LogP contribution in [0.1, 0.15) is 32.0 Å². The van der Waals surface area contributed by atoms with Crippen LogP contribution in [0.25, 0.3) is 0 Å². The molecule has 0 bridgehead atoms. The molecule has 1 aromatic rings. The maximum Gasteiger partial charge on any atom is 0.213 e. The molecule has 0 saturated heterocycles. The Bertz CT molecular complexity index is 361. The van der Waals surface area contributed by atoms with E-state index in [1.807, 2.05) is 39.8 Å². The monoisotopic (exact) mass is 257 g/mol. The van der Waals surface area contributed by atoms with Gasteiger partial charge in [-0.1, -0.05) is 6.07 Å². The van der Waals surface area contributed by atoms with Gasteiger partial charge in [0.2, 0.25) is 5.88 Å². The molecule has 17 heavy (non-hydrogen) atoms. The van der Waals surface area contributed by atoms with Gasteiger partial charge in [-0.2, -0.15) is 0 Å². The van der Waals surface area contributed by atoms with Crippen molar-refractivity contribution in [2.24, 2.45) is 0 Å². The first kappa shape index (κ1) is 14.3. The first-order valence-electron chi connectivity index (χ1n) is 5.71. The molecule has 0 spiro atoms. The minimum atomic E-state index is -0.130. The van der Waals surface area contributed by atoms with E-state index in [-0.39, 0.29) is 5.60 Å². The van der Waals surface area contributed by atoms with Crippen molar-refractivity contribution in [3.63, 3.8) is 0 Å². The van der Waals surface area contributed by atoms with Crippen LogP contribution in [0.5, 0.6) is 5.88 Å². The highest BCUT2D eigenvalue weighted by Crippen LogP contribution is 2.14. The van der Waals surface area contributed by atoms with E-state index in [1.165, 1.54) is 0 Å². The van der Waals surface area contributed by atoms with Crippen molar-refractivity contribution in [3.05, 3.63) is 23.4 Å². The Hall–Kier alpha value is -0.800. The number of aryl methyl sites for hydroxylation is 1. The molecule has 0 aromatic carbocycles. The maximum absolute atomic E-state index is 5.76. The van der Waals surface area contributed by atoms with Crippen molar-refractivity contribution < 1.29 is 9.47 Å². The lowest BCUT2D eigenvalue weighted by atomic mass is 10.2. The second-order valence-corrected chi connectivity index (χ2v) is 5.10. The number of pyridine rings is 1. The van der Waals surface area contributed by atoms with Crippen LogP contribution in [0.2, 0.25) is 0 Å². The number of halogens is 1. The lowest BCUT2D eigenvalue weighted by Gasteiger charge is -2.19. The fourth-order valence-electron chi connectivity index (χ4n) is 1.28. The van der Waals surface area contributed by atoms with Gasteiger partial charge in [-0.25, -0.2) is 4.98 Å². The SMILES string of the molecule is Cc1nc(OCCOC(C)(C)C)ccc1CCl. The minimum absolute atomic E-state index is 0.130. The van der Waals surface area contributed by atoms with Gasteiger partial charge in [0.1, 0.15) is 6.61 Å². The average molecular weight is 258 g/mol. The molecule has 0 aliphatic heterocycles. The topological polar surface area (TPSA) is 31.4 Å². The number of hydrogen-bond acceptors (Lipinski definition) is 3. The number of ether oxygens (including phenoxy) is 2. The van der Waals surface area contributed by atoms with E-state index < -0.39 is 0 Å². The molecule has 0 aliphatic carbocycles. The second-order valence-electron chi connectivity index (χ2n) is 4.84. The van der Waals surface area contributed by atoms with Crippen LogP contribution < -0.4 is 4.74 Å². The molecule has 0 fully saturated rings. The zero-order chi connectivity index (χ0) is 12.9. The number of nitrogens with zero attached hydrogens (tertiary/aromatic N) is 1. The third-order valence-electron chi connectivity index (χ3n) is 2.18. The molecule has 0 amide bonds. The molecule has 0 N–H and O–H groups in total. The molecule has 96 valence electrons. The van der Waals surface area contributed by atoms with E-state index in [4.69, 9.17) is 21.1 Å². The molecular weight excluding hydrogens is 238 g/mol. The standard InChI is InChI=1S/C13H20ClNO2/c1-10-11(9-14)5-6-12(15-10)16-7-8-17-13(2,3)4/h5-6H,7-9H2,1-4H3. The van der Waals surface area contributed by atoms with E-state index >= 15 is 0 Å². The van der Waals surface area contributed by atoms with Crippen LogP contribution in [-0.2, 0) is 10.6 Å². The van der Waals surface area contributed by atoms with Gasteiger partial charge in [0, 0.05) is 17.6 Å². The van der Waals surface area contributed by atoms with Crippen LogP contribution in [0.3, 0.4) is 0 Å². The Balaban J connectivity index is 2.40. The van der Waals surface area contributed by atoms with Gasteiger partial charge in [0.05, 0.1) is 12.2 Å². The molecule has 0 radical (unpaired) electrons. The highest BCUT2D eigenvalue weighted by Gasteiger charge is 2.09. The summed E-state index contributed by atoms with van der Waals surface area (Å²) in [7, 11) is 0. The Morgan fingerprint density at radius 3 is 2.47 bits per heavy atom. The zero-order valence-corrected chi connectivity index (χ0v) is 11.7. The van der Waals surface area contributed by atoms with E-state index in [2.05, 4.69) is 4.98 Å². The summed E-state index contributed by atoms with van der Waals surface area (Å²) in [4.78, 5) is 4.32. The molecule has 0 unspecified atom stereocenters. The number of aromatic nitrogens is 1. The van der Waals surface area contributed by atoms with Crippen LogP contribution in [0, 0.1) is 6.92 Å². The minimum Gasteiger partial charge on any atom is -0.475 e. The van der Waals surface area contributed by atoms with Gasteiger partial charge in [-0.15, -0.1) is 11.6 Å². The smallest absolute Gasteiger partial charge is 0.213 e. The first-order valence-corrected chi connectivity index (χ1v) is 6.25. The van der Waals surface area contributed by atoms with Crippen molar-refractivity contribution in [2.75, 3.05) is 13.2 Å². The Kier molecular flexibility index (Phi) is 5.22. The Morgan fingerprint density at radius 1 is 1.24 bits per heavy atom. The van der Waals surface area contributed by atoms with Crippen LogP contribution in [0.15, 0.2) is 12.1 Å². The van der Waals surface area contributed by atoms with Crippen molar-refractivity contribution in [3.8, 4) is 5.88 Å². The predicted octanol–water partition coefficient (Wildman–Crippen LogP) is 3.32. The van der Waals surface area contributed by atoms with Crippen molar-refractivity contribution in [2.45, 2.75) is 39.2 Å². The Labute approximate surface area is 108 Å². The van der Waals surface area contributed by atoms with Crippen molar-refractivity contribution >= 4 is 11.6 Å². The van der Waals surface area contributed by atoms with Gasteiger partial charge in [-0.05, 0) is 33.3 Å². The van der Waals surface area contributed by atoms with E-state index in [1.54, 1.807) is 0 Å². The summed E-state index contributed by atoms with van der Waals surface area (Å²) in [5.41, 5.74) is 1.81. The highest BCUT2D eigenvalue weighted by atomic mass is 35.5. The van der Waals surface area contributed by atoms with E-state index in [0.29, 0.717) is 25.0 Å². The maximum atomic E-state index is 5.76. The van der Waals surface area contributed by atoms with E-state index in [0.717, 1.165) is 11.3 Å². The number of rotatable bonds is 5. The van der Waals surface area contributed by atoms with Gasteiger partial charge >= 0.3 is 0 Å². The summed E-state index contributed by atoms with van der Waals surface area (Å²) in [5, 5.41) is 0. The van der Waals surface area contributed by atoms with Gasteiger partial charge in [0.25, 0.3) is 0 Å². The molecule has 1 aromatic heterocycles. The molecule has 0 saturated carbocycles. The van der Waals surface area contributed by atoms with Gasteiger partial charge in [0.15, 0.2) is 0 Å². The predicted molar refractivity (Wildman–Crippen MR) is 69.7 cm³/mol. The van der Waals surface area contributed by atoms with Crippen LogP contribution >= 0.6 is 11.6 Å². The Morgan fingerprint density at radius 2 is 1.94 bits per heavy atom. The third kappa shape index (κ3) is 5.37. The summed E-state index contributed by atoms with van der Waals surface area (Å²) in [6.45, 7) is 9.04. The first-order chi connectivity index (χ1) is 7.92. The molecular formula is C13H20ClNO2. The zero-order valence-electron chi connectivity index (χ0n) is 10.9. The second kappa shape index (κ2) is 6.22. The lowest BCUT2D eigenvalue weighted by molar-refractivity contribution is -0.0168. The number of hydrogen-bond donors (Lipinski definition) is 0. The van der Waals surface area contributed by atoms with Gasteiger partial charge in [-0.3, -0.25) is 0 Å². The summed E-state index contributed by atoms with van der Waals surface area (Å²) < 4.78 is 11.1. The summed E-state index contributed by atoms with van der Waals surface area (Å²) in [5.74, 6) is 1.10. The summed E-state index contributed by atoms with van der Waals surface area (Å²) in [6, 6.07) is 3.77. The normalized spacial score (nSPS) is 11.6. The summed E-state index contributed by atoms with van der Waals surface area (Å²) >= 11 is 5.76. The van der Waals surface area contributed by atoms with E-state index in [9.17, 15) is 0 Å². The average Bonchev–Trinajstić information content (AvgIpc) is 2.23. The largest absolute Gasteiger partial charge is 0.475 e. The van der Waals surface area contributed by atoms with Crippen LogP contribution in [0.4, 0.5) is 0 Å². The van der Waals surface area contributed by atoms with Crippen molar-refractivity contribution in [1.82, 2.24) is 4.98 Å². The third-order valence-corrected chi connectivity index (χ3v) is 2.47. The molecule has 1 heterocycles. The van der Waals surface area contributed by atoms with Crippen LogP contribution in [-0.4, -0.2) is 23.8 Å². The quantitative estimate of drug-likeness (QED) is 0.599.